The van der Waals surface area contributed by atoms with Crippen molar-refractivity contribution >= 4 is 23.0 Å². The molecule has 10 nitrogen and oxygen atoms in total. The van der Waals surface area contributed by atoms with E-state index in [4.69, 9.17) is 9.47 Å². The van der Waals surface area contributed by atoms with E-state index in [1.54, 1.807) is 18.8 Å². The number of anilines is 1. The average molecular weight is 554 g/mol. The number of aliphatic hydroxyl groups is 1. The maximum Gasteiger partial charge on any atom is 0.280 e. The van der Waals surface area contributed by atoms with E-state index in [0.717, 1.165) is 28.2 Å². The number of aromatic amines is 1. The van der Waals surface area contributed by atoms with E-state index in [0.29, 0.717) is 0 Å². The molecule has 3 aromatic carbocycles. The first-order valence-corrected chi connectivity index (χ1v) is 13.1. The SMILES string of the molecule is COc1ccc(C(C[C@H](O)Cn2cnc3c(=O)[nH]c(NC(C)=O)nc32)(c2ccccc2)c2ccc(OC)cc2)cc1. The Morgan fingerprint density at radius 1 is 0.951 bits per heavy atom. The lowest BCUT2D eigenvalue weighted by molar-refractivity contribution is -0.114. The Morgan fingerprint density at radius 3 is 2.05 bits per heavy atom. The molecule has 0 saturated heterocycles. The van der Waals surface area contributed by atoms with Crippen LogP contribution in [-0.4, -0.2) is 50.9 Å². The molecule has 0 aliphatic rings. The van der Waals surface area contributed by atoms with Gasteiger partial charge in [-0.05, 0) is 47.4 Å². The van der Waals surface area contributed by atoms with Gasteiger partial charge in [-0.1, -0.05) is 54.6 Å². The van der Waals surface area contributed by atoms with E-state index in [9.17, 15) is 14.7 Å². The minimum absolute atomic E-state index is 0.0151. The molecule has 1 atom stereocenters. The predicted octanol–water partition coefficient (Wildman–Crippen LogP) is 3.88. The quantitative estimate of drug-likeness (QED) is 0.224. The molecule has 1 amide bonds. The Morgan fingerprint density at radius 2 is 1.51 bits per heavy atom. The lowest BCUT2D eigenvalue weighted by atomic mass is 9.66. The third-order valence-electron chi connectivity index (χ3n) is 7.15. The van der Waals surface area contributed by atoms with Crippen molar-refractivity contribution in [1.82, 2.24) is 19.5 Å². The van der Waals surface area contributed by atoms with Gasteiger partial charge in [0.1, 0.15) is 11.5 Å². The zero-order valence-corrected chi connectivity index (χ0v) is 23.0. The monoisotopic (exact) mass is 553 g/mol. The van der Waals surface area contributed by atoms with Crippen molar-refractivity contribution < 1.29 is 19.4 Å². The summed E-state index contributed by atoms with van der Waals surface area (Å²) in [6, 6.07) is 25.7. The maximum absolute atomic E-state index is 12.6. The summed E-state index contributed by atoms with van der Waals surface area (Å²) in [4.78, 5) is 35.2. The van der Waals surface area contributed by atoms with Crippen molar-refractivity contribution in [2.45, 2.75) is 31.4 Å². The van der Waals surface area contributed by atoms with E-state index >= 15 is 0 Å². The second-order valence-electron chi connectivity index (χ2n) is 9.75. The van der Waals surface area contributed by atoms with E-state index in [1.807, 2.05) is 66.7 Å². The number of imidazole rings is 1. The summed E-state index contributed by atoms with van der Waals surface area (Å²) in [5.74, 6) is 1.09. The summed E-state index contributed by atoms with van der Waals surface area (Å²) in [6.45, 7) is 1.43. The molecule has 0 fully saturated rings. The zero-order chi connectivity index (χ0) is 29.0. The Hall–Kier alpha value is -4.96. The molecule has 5 rings (SSSR count). The Balaban J connectivity index is 1.61. The molecule has 0 radical (unpaired) electrons. The van der Waals surface area contributed by atoms with Gasteiger partial charge in [0.15, 0.2) is 11.2 Å². The summed E-state index contributed by atoms with van der Waals surface area (Å²) in [7, 11) is 3.25. The van der Waals surface area contributed by atoms with E-state index < -0.39 is 17.1 Å². The van der Waals surface area contributed by atoms with Crippen LogP contribution in [0.25, 0.3) is 11.2 Å². The molecule has 41 heavy (non-hydrogen) atoms. The highest BCUT2D eigenvalue weighted by Crippen LogP contribution is 2.44. The molecule has 5 aromatic rings. The number of hydrogen-bond donors (Lipinski definition) is 3. The van der Waals surface area contributed by atoms with Gasteiger partial charge in [0.2, 0.25) is 11.9 Å². The van der Waals surface area contributed by atoms with Crippen LogP contribution < -0.4 is 20.3 Å². The van der Waals surface area contributed by atoms with Crippen molar-refractivity contribution in [3.8, 4) is 11.5 Å². The molecule has 0 unspecified atom stereocenters. The summed E-state index contributed by atoms with van der Waals surface area (Å²) in [5.41, 5.74) is 2.05. The number of benzene rings is 3. The summed E-state index contributed by atoms with van der Waals surface area (Å²) < 4.78 is 12.5. The number of fused-ring (bicyclic) bond motifs is 1. The molecule has 0 aliphatic carbocycles. The second kappa shape index (κ2) is 11.6. The number of amides is 1. The molecule has 10 heteroatoms. The number of aromatic nitrogens is 4. The molecule has 210 valence electrons. The summed E-state index contributed by atoms with van der Waals surface area (Å²) >= 11 is 0. The topological polar surface area (TPSA) is 131 Å². The number of ether oxygens (including phenoxy) is 2. The van der Waals surface area contributed by atoms with Crippen LogP contribution in [0, 0.1) is 0 Å². The fraction of sp³-hybridized carbons (Fsp3) is 0.226. The van der Waals surface area contributed by atoms with Gasteiger partial charge in [0, 0.05) is 12.3 Å². The predicted molar refractivity (Wildman–Crippen MR) is 155 cm³/mol. The minimum atomic E-state index is -0.901. The summed E-state index contributed by atoms with van der Waals surface area (Å²) in [5, 5.41) is 14.2. The highest BCUT2D eigenvalue weighted by atomic mass is 16.5. The maximum atomic E-state index is 12.6. The molecular weight excluding hydrogens is 522 g/mol. The molecular formula is C31H31N5O5. The van der Waals surface area contributed by atoms with E-state index in [-0.39, 0.29) is 36.0 Å². The minimum Gasteiger partial charge on any atom is -0.497 e. The van der Waals surface area contributed by atoms with Crippen LogP contribution in [0.3, 0.4) is 0 Å². The highest BCUT2D eigenvalue weighted by Gasteiger charge is 2.38. The van der Waals surface area contributed by atoms with Crippen LogP contribution in [0.1, 0.15) is 30.0 Å². The van der Waals surface area contributed by atoms with E-state index in [2.05, 4.69) is 32.4 Å². The van der Waals surface area contributed by atoms with Crippen molar-refractivity contribution in [1.29, 1.82) is 0 Å². The summed E-state index contributed by atoms with van der Waals surface area (Å²) in [6.07, 6.45) is 0.859. The van der Waals surface area contributed by atoms with Crippen LogP contribution in [-0.2, 0) is 16.8 Å². The number of nitrogens with zero attached hydrogens (tertiary/aromatic N) is 3. The van der Waals surface area contributed by atoms with Crippen LogP contribution in [0.4, 0.5) is 5.95 Å². The van der Waals surface area contributed by atoms with Gasteiger partial charge in [-0.25, -0.2) is 4.98 Å². The Kier molecular flexibility index (Phi) is 7.84. The lowest BCUT2D eigenvalue weighted by Gasteiger charge is -2.38. The third kappa shape index (κ3) is 5.55. The van der Waals surface area contributed by atoms with Gasteiger partial charge < -0.3 is 19.1 Å². The van der Waals surface area contributed by atoms with Crippen molar-refractivity contribution in [2.75, 3.05) is 19.5 Å². The number of carbonyl (C=O) groups is 1. The van der Waals surface area contributed by atoms with Gasteiger partial charge in [0.25, 0.3) is 5.56 Å². The number of hydrogen-bond acceptors (Lipinski definition) is 7. The van der Waals surface area contributed by atoms with Gasteiger partial charge in [-0.2, -0.15) is 4.98 Å². The van der Waals surface area contributed by atoms with Gasteiger partial charge in [-0.15, -0.1) is 0 Å². The molecule has 2 aromatic heterocycles. The molecule has 2 heterocycles. The van der Waals surface area contributed by atoms with Crippen molar-refractivity contribution in [2.24, 2.45) is 0 Å². The standard InChI is InChI=1S/C31H31N5O5/c1-20(37)33-30-34-28-27(29(39)35-30)32-19-36(28)18-24(38)17-31(21-7-5-4-6-8-21,22-9-13-25(40-2)14-10-22)23-11-15-26(41-3)16-12-23/h4-16,19,24,38H,17-18H2,1-3H3,(H2,33,34,35,37,39)/t24-/m0/s1. The first-order valence-electron chi connectivity index (χ1n) is 13.1. The second-order valence-corrected chi connectivity index (χ2v) is 9.75. The van der Waals surface area contributed by atoms with E-state index in [1.165, 1.54) is 13.3 Å². The molecule has 0 spiro atoms. The molecule has 0 bridgehead atoms. The third-order valence-corrected chi connectivity index (χ3v) is 7.15. The number of rotatable bonds is 10. The first-order chi connectivity index (χ1) is 19.8. The first kappa shape index (κ1) is 27.6. The van der Waals surface area contributed by atoms with Crippen LogP contribution in [0.5, 0.6) is 11.5 Å². The molecule has 3 N–H and O–H groups in total. The van der Waals surface area contributed by atoms with Gasteiger partial charge >= 0.3 is 0 Å². The lowest BCUT2D eigenvalue weighted by Crippen LogP contribution is -2.35. The number of aliphatic hydroxyl groups excluding tert-OH is 1. The van der Waals surface area contributed by atoms with Crippen LogP contribution in [0.15, 0.2) is 90.0 Å². The van der Waals surface area contributed by atoms with Crippen LogP contribution in [0.2, 0.25) is 0 Å². The van der Waals surface area contributed by atoms with Gasteiger partial charge in [-0.3, -0.25) is 19.9 Å². The number of carbonyl (C=O) groups excluding carboxylic acids is 1. The molecule has 0 saturated carbocycles. The Bertz CT molecular complexity index is 1650. The van der Waals surface area contributed by atoms with Crippen molar-refractivity contribution in [3.05, 3.63) is 112 Å². The van der Waals surface area contributed by atoms with Crippen LogP contribution >= 0.6 is 0 Å². The van der Waals surface area contributed by atoms with Crippen molar-refractivity contribution in [3.63, 3.8) is 0 Å². The number of methoxy groups -OCH3 is 2. The highest BCUT2D eigenvalue weighted by molar-refractivity contribution is 5.87. The molecule has 0 aliphatic heterocycles. The zero-order valence-electron chi connectivity index (χ0n) is 23.0. The number of H-pyrrole nitrogens is 1. The fourth-order valence-corrected chi connectivity index (χ4v) is 5.29. The largest absolute Gasteiger partial charge is 0.497 e. The Labute approximate surface area is 236 Å². The number of nitrogens with one attached hydrogen (secondary N) is 2. The fourth-order valence-electron chi connectivity index (χ4n) is 5.29. The smallest absolute Gasteiger partial charge is 0.280 e. The normalized spacial score (nSPS) is 12.2. The van der Waals surface area contributed by atoms with Gasteiger partial charge in [0.05, 0.1) is 33.2 Å². The average Bonchev–Trinajstić information content (AvgIpc) is 3.39.